The molecule has 0 bridgehead atoms. The lowest BCUT2D eigenvalue weighted by Gasteiger charge is -2.08. The minimum Gasteiger partial charge on any atom is -0.354 e. The second-order valence-corrected chi connectivity index (χ2v) is 6.12. The number of nitrogens with zero attached hydrogens (tertiary/aromatic N) is 4. The highest BCUT2D eigenvalue weighted by atomic mass is 16.2. The smallest absolute Gasteiger partial charge is 0.291 e. The number of nitrogens with one attached hydrogen (secondary N) is 2. The van der Waals surface area contributed by atoms with Crippen LogP contribution in [0.5, 0.6) is 0 Å². The Hall–Kier alpha value is -3.42. The van der Waals surface area contributed by atoms with Crippen LogP contribution in [0, 0.1) is 0 Å². The van der Waals surface area contributed by atoms with E-state index in [1.54, 1.807) is 30.3 Å². The molecule has 0 saturated heterocycles. The van der Waals surface area contributed by atoms with Gasteiger partial charge < -0.3 is 14.9 Å². The second kappa shape index (κ2) is 6.47. The molecule has 1 aromatic carbocycles. The Morgan fingerprint density at radius 3 is 2.88 bits per heavy atom. The number of para-hydroxylation sites is 1. The highest BCUT2D eigenvalue weighted by Crippen LogP contribution is 2.25. The summed E-state index contributed by atoms with van der Waals surface area (Å²) in [6.45, 7) is 0.573. The summed E-state index contributed by atoms with van der Waals surface area (Å²) in [7, 11) is 1.61. The van der Waals surface area contributed by atoms with Gasteiger partial charge in [-0.05, 0) is 6.07 Å². The van der Waals surface area contributed by atoms with Crippen molar-refractivity contribution in [3.05, 3.63) is 59.0 Å². The van der Waals surface area contributed by atoms with Crippen molar-refractivity contribution < 1.29 is 4.79 Å². The van der Waals surface area contributed by atoms with E-state index in [1.807, 2.05) is 24.3 Å². The van der Waals surface area contributed by atoms with Crippen molar-refractivity contribution in [2.24, 2.45) is 7.05 Å². The summed E-state index contributed by atoms with van der Waals surface area (Å²) in [5.41, 5.74) is 2.08. The summed E-state index contributed by atoms with van der Waals surface area (Å²) >= 11 is 0. The molecule has 0 spiro atoms. The molecule has 0 aliphatic carbocycles. The van der Waals surface area contributed by atoms with Crippen molar-refractivity contribution in [1.29, 1.82) is 0 Å². The monoisotopic (exact) mass is 350 g/mol. The third kappa shape index (κ3) is 2.75. The van der Waals surface area contributed by atoms with Crippen LogP contribution >= 0.6 is 0 Å². The molecule has 4 aromatic rings. The van der Waals surface area contributed by atoms with Crippen molar-refractivity contribution in [3.8, 4) is 0 Å². The SMILES string of the molecule is Cn1ncc2c3ccccc3n(CC(=O)NCCc3cnc[nH]3)c2c1=O. The normalized spacial score (nSPS) is 11.3. The van der Waals surface area contributed by atoms with Gasteiger partial charge in [-0.1, -0.05) is 18.2 Å². The third-order valence-corrected chi connectivity index (χ3v) is 4.44. The van der Waals surface area contributed by atoms with Gasteiger partial charge in [0.05, 0.1) is 12.5 Å². The molecule has 0 radical (unpaired) electrons. The van der Waals surface area contributed by atoms with Crippen LogP contribution in [-0.2, 0) is 24.8 Å². The molecule has 0 unspecified atom stereocenters. The summed E-state index contributed by atoms with van der Waals surface area (Å²) in [6.07, 6.45) is 5.69. The van der Waals surface area contributed by atoms with E-state index < -0.39 is 0 Å². The van der Waals surface area contributed by atoms with Crippen LogP contribution in [0.15, 0.2) is 47.8 Å². The number of aromatic amines is 1. The molecule has 0 saturated carbocycles. The van der Waals surface area contributed by atoms with Crippen LogP contribution in [0.25, 0.3) is 21.8 Å². The average Bonchev–Trinajstić information content (AvgIpc) is 3.26. The van der Waals surface area contributed by atoms with Gasteiger partial charge in [0.15, 0.2) is 0 Å². The van der Waals surface area contributed by atoms with E-state index in [4.69, 9.17) is 0 Å². The molecule has 1 amide bonds. The molecule has 3 heterocycles. The minimum absolute atomic E-state index is 0.0756. The second-order valence-electron chi connectivity index (χ2n) is 6.12. The number of H-pyrrole nitrogens is 1. The Kier molecular flexibility index (Phi) is 4.00. The first-order valence-electron chi connectivity index (χ1n) is 8.32. The lowest BCUT2D eigenvalue weighted by molar-refractivity contribution is -0.121. The van der Waals surface area contributed by atoms with Crippen molar-refractivity contribution in [1.82, 2.24) is 29.6 Å². The summed E-state index contributed by atoms with van der Waals surface area (Å²) in [5.74, 6) is -0.147. The molecule has 8 nitrogen and oxygen atoms in total. The van der Waals surface area contributed by atoms with Gasteiger partial charge in [-0.25, -0.2) is 9.67 Å². The van der Waals surface area contributed by atoms with Crippen LogP contribution in [0.4, 0.5) is 0 Å². The first-order valence-corrected chi connectivity index (χ1v) is 8.32. The molecule has 0 atom stereocenters. The van der Waals surface area contributed by atoms with Gasteiger partial charge in [0.25, 0.3) is 5.56 Å². The van der Waals surface area contributed by atoms with Crippen LogP contribution in [0.1, 0.15) is 5.69 Å². The topological polar surface area (TPSA) is 97.6 Å². The van der Waals surface area contributed by atoms with Crippen molar-refractivity contribution in [2.75, 3.05) is 6.54 Å². The van der Waals surface area contributed by atoms with E-state index in [1.165, 1.54) is 4.68 Å². The highest BCUT2D eigenvalue weighted by Gasteiger charge is 2.16. The lowest BCUT2D eigenvalue weighted by atomic mass is 10.2. The number of aromatic nitrogens is 5. The quantitative estimate of drug-likeness (QED) is 0.560. The number of hydrogen-bond donors (Lipinski definition) is 2. The maximum absolute atomic E-state index is 12.6. The fourth-order valence-electron chi connectivity index (χ4n) is 3.16. The largest absolute Gasteiger partial charge is 0.354 e. The van der Waals surface area contributed by atoms with Crippen molar-refractivity contribution in [2.45, 2.75) is 13.0 Å². The van der Waals surface area contributed by atoms with Crippen LogP contribution in [-0.4, -0.2) is 36.8 Å². The van der Waals surface area contributed by atoms with Gasteiger partial charge in [0, 0.05) is 48.2 Å². The molecule has 0 aliphatic rings. The van der Waals surface area contributed by atoms with E-state index in [0.29, 0.717) is 18.5 Å². The van der Waals surface area contributed by atoms with E-state index in [0.717, 1.165) is 22.0 Å². The molecule has 2 N–H and O–H groups in total. The van der Waals surface area contributed by atoms with E-state index in [-0.39, 0.29) is 18.0 Å². The fourth-order valence-corrected chi connectivity index (χ4v) is 3.16. The number of carbonyl (C=O) groups is 1. The predicted molar refractivity (Wildman–Crippen MR) is 97.8 cm³/mol. The van der Waals surface area contributed by atoms with Crippen molar-refractivity contribution >= 4 is 27.7 Å². The zero-order chi connectivity index (χ0) is 18.1. The first-order chi connectivity index (χ1) is 12.6. The van der Waals surface area contributed by atoms with Gasteiger partial charge in [-0.15, -0.1) is 0 Å². The van der Waals surface area contributed by atoms with Gasteiger partial charge >= 0.3 is 0 Å². The predicted octanol–water partition coefficient (Wildman–Crippen LogP) is 0.970. The maximum atomic E-state index is 12.6. The summed E-state index contributed by atoms with van der Waals surface area (Å²) in [4.78, 5) is 32.0. The fraction of sp³-hybridized carbons (Fsp3) is 0.222. The summed E-state index contributed by atoms with van der Waals surface area (Å²) < 4.78 is 3.05. The number of imidazole rings is 1. The zero-order valence-corrected chi connectivity index (χ0v) is 14.3. The molecule has 8 heteroatoms. The van der Waals surface area contributed by atoms with Crippen molar-refractivity contribution in [3.63, 3.8) is 0 Å². The molecule has 4 rings (SSSR count). The number of rotatable bonds is 5. The zero-order valence-electron chi connectivity index (χ0n) is 14.3. The molecule has 26 heavy (non-hydrogen) atoms. The lowest BCUT2D eigenvalue weighted by Crippen LogP contribution is -2.30. The Labute approximate surface area is 148 Å². The highest BCUT2D eigenvalue weighted by molar-refractivity contribution is 6.07. The Morgan fingerprint density at radius 1 is 1.23 bits per heavy atom. The molecule has 0 aliphatic heterocycles. The van der Waals surface area contributed by atoms with Crippen LogP contribution < -0.4 is 10.9 Å². The maximum Gasteiger partial charge on any atom is 0.291 e. The van der Waals surface area contributed by atoms with Gasteiger partial charge in [0.2, 0.25) is 5.91 Å². The molecule has 0 fully saturated rings. The van der Waals surface area contributed by atoms with E-state index >= 15 is 0 Å². The Balaban J connectivity index is 1.65. The number of carbonyl (C=O) groups excluding carboxylic acids is 1. The molecular weight excluding hydrogens is 332 g/mol. The average molecular weight is 350 g/mol. The first kappa shape index (κ1) is 16.1. The number of fused-ring (bicyclic) bond motifs is 3. The molecule has 3 aromatic heterocycles. The third-order valence-electron chi connectivity index (χ3n) is 4.44. The Morgan fingerprint density at radius 2 is 2.08 bits per heavy atom. The summed E-state index contributed by atoms with van der Waals surface area (Å²) in [6, 6.07) is 7.65. The van der Waals surface area contributed by atoms with E-state index in [2.05, 4.69) is 20.4 Å². The number of amides is 1. The van der Waals surface area contributed by atoms with Gasteiger partial charge in [-0.2, -0.15) is 5.10 Å². The van der Waals surface area contributed by atoms with Gasteiger partial charge in [0.1, 0.15) is 12.1 Å². The minimum atomic E-state index is -0.219. The molecular formula is C18H18N6O2. The standard InChI is InChI=1S/C18H18N6O2/c1-23-18(26)17-14(9-22-23)13-4-2-3-5-15(13)24(17)10-16(25)20-7-6-12-8-19-11-21-12/h2-5,8-9,11H,6-7,10H2,1H3,(H,19,21)(H,20,25). The van der Waals surface area contributed by atoms with Crippen LogP contribution in [0.3, 0.4) is 0 Å². The Bertz CT molecular complexity index is 1140. The summed E-state index contributed by atoms with van der Waals surface area (Å²) in [5, 5.41) is 8.67. The van der Waals surface area contributed by atoms with Crippen LogP contribution in [0.2, 0.25) is 0 Å². The number of benzene rings is 1. The van der Waals surface area contributed by atoms with E-state index in [9.17, 15) is 9.59 Å². The number of hydrogen-bond acceptors (Lipinski definition) is 4. The number of aryl methyl sites for hydroxylation is 1. The molecule has 132 valence electrons. The van der Waals surface area contributed by atoms with Gasteiger partial charge in [-0.3, -0.25) is 9.59 Å².